The largest absolute Gasteiger partial charge is 0.469 e. The number of esters is 1. The molecule has 11 heavy (non-hydrogen) atoms. The zero-order valence-electron chi connectivity index (χ0n) is 7.76. The van der Waals surface area contributed by atoms with E-state index in [0.717, 1.165) is 13.0 Å². The molecular weight excluding hydrogens is 142 g/mol. The van der Waals surface area contributed by atoms with Crippen LogP contribution in [0.3, 0.4) is 0 Å². The summed E-state index contributed by atoms with van der Waals surface area (Å²) in [5.41, 5.74) is 0. The van der Waals surface area contributed by atoms with Gasteiger partial charge in [-0.2, -0.15) is 0 Å². The summed E-state index contributed by atoms with van der Waals surface area (Å²) in [6, 6.07) is 0. The second kappa shape index (κ2) is 5.13. The highest BCUT2D eigenvalue weighted by molar-refractivity contribution is 5.72. The fourth-order valence-electron chi connectivity index (χ4n) is 0.978. The topological polar surface area (TPSA) is 29.5 Å². The van der Waals surface area contributed by atoms with Crippen molar-refractivity contribution in [1.29, 1.82) is 0 Å². The van der Waals surface area contributed by atoms with Gasteiger partial charge in [0.15, 0.2) is 0 Å². The normalized spacial score (nSPS) is 13.2. The average molecular weight is 159 g/mol. The third kappa shape index (κ3) is 3.98. The minimum absolute atomic E-state index is 0.0231. The maximum atomic E-state index is 11.0. The van der Waals surface area contributed by atoms with E-state index in [-0.39, 0.29) is 11.9 Å². The Morgan fingerprint density at radius 1 is 1.55 bits per heavy atom. The molecule has 0 aromatic heterocycles. The molecule has 1 atom stereocenters. The summed E-state index contributed by atoms with van der Waals surface area (Å²) in [6.45, 7) is 2.76. The number of methoxy groups -OCH3 is 1. The van der Waals surface area contributed by atoms with E-state index in [9.17, 15) is 4.79 Å². The third-order valence-corrected chi connectivity index (χ3v) is 1.61. The first kappa shape index (κ1) is 10.4. The molecule has 3 nitrogen and oxygen atoms in total. The van der Waals surface area contributed by atoms with E-state index in [0.29, 0.717) is 0 Å². The Morgan fingerprint density at radius 2 is 2.09 bits per heavy atom. The van der Waals surface area contributed by atoms with E-state index in [2.05, 4.69) is 4.74 Å². The van der Waals surface area contributed by atoms with Crippen LogP contribution in [0.1, 0.15) is 13.3 Å². The lowest BCUT2D eigenvalue weighted by Gasteiger charge is -2.16. The van der Waals surface area contributed by atoms with Gasteiger partial charge in [0, 0.05) is 6.54 Å². The van der Waals surface area contributed by atoms with E-state index >= 15 is 0 Å². The predicted molar refractivity (Wildman–Crippen MR) is 44.4 cm³/mol. The number of hydrogen-bond acceptors (Lipinski definition) is 3. The highest BCUT2D eigenvalue weighted by Crippen LogP contribution is 2.05. The van der Waals surface area contributed by atoms with Gasteiger partial charge in [0.2, 0.25) is 0 Å². The van der Waals surface area contributed by atoms with Crippen molar-refractivity contribution in [1.82, 2.24) is 4.90 Å². The number of carbonyl (C=O) groups is 1. The summed E-state index contributed by atoms with van der Waals surface area (Å²) in [5.74, 6) is -0.0869. The van der Waals surface area contributed by atoms with Crippen LogP contribution in [-0.4, -0.2) is 38.6 Å². The summed E-state index contributed by atoms with van der Waals surface area (Å²) in [5, 5.41) is 0. The van der Waals surface area contributed by atoms with E-state index < -0.39 is 0 Å². The molecule has 0 amide bonds. The van der Waals surface area contributed by atoms with Crippen molar-refractivity contribution in [2.24, 2.45) is 5.92 Å². The second-order valence-corrected chi connectivity index (χ2v) is 2.89. The molecule has 0 N–H and O–H groups in total. The number of carbonyl (C=O) groups excluding carboxylic acids is 1. The molecule has 0 fully saturated rings. The number of rotatable bonds is 4. The summed E-state index contributed by atoms with van der Waals surface area (Å²) >= 11 is 0. The molecule has 0 aromatic carbocycles. The molecule has 0 aromatic rings. The van der Waals surface area contributed by atoms with Gasteiger partial charge in [-0.3, -0.25) is 4.79 Å². The first-order valence-electron chi connectivity index (χ1n) is 3.84. The highest BCUT2D eigenvalue weighted by atomic mass is 16.5. The van der Waals surface area contributed by atoms with Crippen LogP contribution in [0.5, 0.6) is 0 Å². The second-order valence-electron chi connectivity index (χ2n) is 2.89. The van der Waals surface area contributed by atoms with Gasteiger partial charge < -0.3 is 9.64 Å². The van der Waals surface area contributed by atoms with Crippen LogP contribution in [-0.2, 0) is 9.53 Å². The standard InChI is InChI=1S/C8H17NO2/c1-5-7(6-9(2)3)8(10)11-4/h7H,5-6H2,1-4H3. The molecule has 0 aliphatic heterocycles. The fourth-order valence-corrected chi connectivity index (χ4v) is 0.978. The minimum Gasteiger partial charge on any atom is -0.469 e. The lowest BCUT2D eigenvalue weighted by Crippen LogP contribution is -2.28. The van der Waals surface area contributed by atoms with E-state index in [1.165, 1.54) is 7.11 Å². The van der Waals surface area contributed by atoms with Crippen LogP contribution in [0.4, 0.5) is 0 Å². The predicted octanol–water partition coefficient (Wildman–Crippen LogP) is 0.747. The number of hydrogen-bond donors (Lipinski definition) is 0. The van der Waals surface area contributed by atoms with Gasteiger partial charge in [0.1, 0.15) is 0 Å². The first-order valence-corrected chi connectivity index (χ1v) is 3.84. The Labute approximate surface area is 68.3 Å². The Bertz CT molecular complexity index is 123. The van der Waals surface area contributed by atoms with Crippen LogP contribution in [0.25, 0.3) is 0 Å². The molecule has 0 rings (SSSR count). The lowest BCUT2D eigenvalue weighted by molar-refractivity contribution is -0.146. The van der Waals surface area contributed by atoms with Gasteiger partial charge in [-0.15, -0.1) is 0 Å². The van der Waals surface area contributed by atoms with Gasteiger partial charge in [-0.25, -0.2) is 0 Å². The fraction of sp³-hybridized carbons (Fsp3) is 0.875. The van der Waals surface area contributed by atoms with Crippen molar-refractivity contribution in [3.05, 3.63) is 0 Å². The van der Waals surface area contributed by atoms with Gasteiger partial charge in [0.05, 0.1) is 13.0 Å². The molecule has 66 valence electrons. The summed E-state index contributed by atoms with van der Waals surface area (Å²) in [6.07, 6.45) is 0.838. The minimum atomic E-state index is -0.110. The first-order chi connectivity index (χ1) is 5.11. The number of ether oxygens (including phenoxy) is 1. The summed E-state index contributed by atoms with van der Waals surface area (Å²) in [4.78, 5) is 13.0. The van der Waals surface area contributed by atoms with Crippen molar-refractivity contribution in [2.45, 2.75) is 13.3 Å². The lowest BCUT2D eigenvalue weighted by atomic mass is 10.1. The molecule has 0 saturated heterocycles. The highest BCUT2D eigenvalue weighted by Gasteiger charge is 2.16. The van der Waals surface area contributed by atoms with Crippen molar-refractivity contribution in [3.63, 3.8) is 0 Å². The van der Waals surface area contributed by atoms with Crippen LogP contribution in [0.15, 0.2) is 0 Å². The van der Waals surface area contributed by atoms with Crippen LogP contribution in [0.2, 0.25) is 0 Å². The van der Waals surface area contributed by atoms with Crippen molar-refractivity contribution in [3.8, 4) is 0 Å². The van der Waals surface area contributed by atoms with Gasteiger partial charge in [-0.1, -0.05) is 6.92 Å². The maximum absolute atomic E-state index is 11.0. The van der Waals surface area contributed by atoms with Crippen molar-refractivity contribution >= 4 is 5.97 Å². The van der Waals surface area contributed by atoms with Crippen LogP contribution in [0, 0.1) is 5.92 Å². The Kier molecular flexibility index (Phi) is 4.86. The molecule has 0 saturated carbocycles. The van der Waals surface area contributed by atoms with Gasteiger partial charge >= 0.3 is 5.97 Å². The monoisotopic (exact) mass is 159 g/mol. The summed E-state index contributed by atoms with van der Waals surface area (Å²) < 4.78 is 4.64. The number of nitrogens with zero attached hydrogens (tertiary/aromatic N) is 1. The third-order valence-electron chi connectivity index (χ3n) is 1.61. The Hall–Kier alpha value is -0.570. The van der Waals surface area contributed by atoms with E-state index in [1.54, 1.807) is 0 Å². The molecule has 0 spiro atoms. The summed E-state index contributed by atoms with van der Waals surface area (Å²) in [7, 11) is 5.33. The quantitative estimate of drug-likeness (QED) is 0.567. The smallest absolute Gasteiger partial charge is 0.309 e. The van der Waals surface area contributed by atoms with E-state index in [1.807, 2.05) is 25.9 Å². The van der Waals surface area contributed by atoms with E-state index in [4.69, 9.17) is 0 Å². The van der Waals surface area contributed by atoms with Gasteiger partial charge in [0.25, 0.3) is 0 Å². The van der Waals surface area contributed by atoms with Crippen molar-refractivity contribution in [2.75, 3.05) is 27.7 Å². The molecule has 0 radical (unpaired) electrons. The zero-order valence-corrected chi connectivity index (χ0v) is 7.76. The van der Waals surface area contributed by atoms with Crippen LogP contribution < -0.4 is 0 Å². The maximum Gasteiger partial charge on any atom is 0.309 e. The molecule has 0 aliphatic carbocycles. The molecular formula is C8H17NO2. The SMILES string of the molecule is CCC(CN(C)C)C(=O)OC. The van der Waals surface area contributed by atoms with Gasteiger partial charge in [-0.05, 0) is 20.5 Å². The Morgan fingerprint density at radius 3 is 2.36 bits per heavy atom. The Balaban J connectivity index is 3.84. The average Bonchev–Trinajstić information content (AvgIpc) is 1.98. The van der Waals surface area contributed by atoms with Crippen LogP contribution >= 0.6 is 0 Å². The molecule has 1 unspecified atom stereocenters. The molecule has 0 bridgehead atoms. The molecule has 0 heterocycles. The molecule has 3 heteroatoms. The van der Waals surface area contributed by atoms with Crippen molar-refractivity contribution < 1.29 is 9.53 Å². The zero-order chi connectivity index (χ0) is 8.85. The molecule has 0 aliphatic rings.